The van der Waals surface area contributed by atoms with Crippen molar-refractivity contribution < 1.29 is 4.74 Å². The number of nitrogens with one attached hydrogen (secondary N) is 1. The number of anilines is 1. The molecule has 0 radical (unpaired) electrons. The molecule has 0 saturated heterocycles. The second-order valence-electron chi connectivity index (χ2n) is 7.86. The molecule has 0 saturated carbocycles. The molecule has 0 aliphatic rings. The van der Waals surface area contributed by atoms with Crippen molar-refractivity contribution in [3.05, 3.63) is 87.7 Å². The molecule has 0 aliphatic heterocycles. The molecule has 0 aliphatic carbocycles. The van der Waals surface area contributed by atoms with Crippen molar-refractivity contribution in [3.63, 3.8) is 0 Å². The highest BCUT2D eigenvalue weighted by Crippen LogP contribution is 2.21. The molecule has 7 heteroatoms. The van der Waals surface area contributed by atoms with Gasteiger partial charge in [0.25, 0.3) is 5.56 Å². The summed E-state index contributed by atoms with van der Waals surface area (Å²) in [4.78, 5) is 22.0. The highest BCUT2D eigenvalue weighted by atomic mass is 16.5. The van der Waals surface area contributed by atoms with Crippen LogP contribution in [-0.2, 0) is 0 Å². The van der Waals surface area contributed by atoms with E-state index >= 15 is 0 Å². The second kappa shape index (κ2) is 9.18. The maximum Gasteiger partial charge on any atom is 0.275 e. The number of aromatic nitrogens is 4. The lowest BCUT2D eigenvalue weighted by Gasteiger charge is -2.16. The first-order valence-corrected chi connectivity index (χ1v) is 10.7. The molecule has 4 rings (SSSR count). The molecule has 0 bridgehead atoms. The Bertz CT molecular complexity index is 1320. The van der Waals surface area contributed by atoms with Crippen molar-refractivity contribution in [1.82, 2.24) is 19.7 Å². The Morgan fingerprint density at radius 1 is 1.06 bits per heavy atom. The van der Waals surface area contributed by atoms with E-state index in [1.165, 1.54) is 10.2 Å². The van der Waals surface area contributed by atoms with E-state index in [2.05, 4.69) is 40.3 Å². The molecule has 2 aromatic carbocycles. The molecule has 32 heavy (non-hydrogen) atoms. The standard InChI is InChI=1S/C25H27N5O2/c1-16-8-7-11-23(17(16)2)32-13-12-26-24-14-22(28-19(4)29-24)18(3)30-25(31)21-10-6-5-9-20(21)15-27-30/h5-11,14-15,18H,12-13H2,1-4H3,(H,26,28,29)/t18-/m0/s1. The zero-order valence-electron chi connectivity index (χ0n) is 18.8. The zero-order valence-corrected chi connectivity index (χ0v) is 18.8. The highest BCUT2D eigenvalue weighted by Gasteiger charge is 2.16. The van der Waals surface area contributed by atoms with Crippen LogP contribution in [0.4, 0.5) is 5.82 Å². The summed E-state index contributed by atoms with van der Waals surface area (Å²) in [5.41, 5.74) is 2.94. The van der Waals surface area contributed by atoms with Crippen molar-refractivity contribution >= 4 is 16.6 Å². The van der Waals surface area contributed by atoms with Crippen LogP contribution in [0.2, 0.25) is 0 Å². The van der Waals surface area contributed by atoms with E-state index in [0.29, 0.717) is 30.2 Å². The predicted octanol–water partition coefficient (Wildman–Crippen LogP) is 4.21. The van der Waals surface area contributed by atoms with Gasteiger partial charge in [-0.05, 0) is 51.0 Å². The quantitative estimate of drug-likeness (QED) is 0.443. The summed E-state index contributed by atoms with van der Waals surface area (Å²) in [6, 6.07) is 15.0. The minimum absolute atomic E-state index is 0.136. The lowest BCUT2D eigenvalue weighted by Crippen LogP contribution is -2.27. The lowest BCUT2D eigenvalue weighted by atomic mass is 10.1. The van der Waals surface area contributed by atoms with Crippen LogP contribution in [0, 0.1) is 20.8 Å². The number of ether oxygens (including phenoxy) is 1. The number of benzene rings is 2. The summed E-state index contributed by atoms with van der Waals surface area (Å²) in [5.74, 6) is 2.21. The summed E-state index contributed by atoms with van der Waals surface area (Å²) >= 11 is 0. The van der Waals surface area contributed by atoms with Crippen LogP contribution < -0.4 is 15.6 Å². The SMILES string of the molecule is Cc1nc(NCCOc2cccc(C)c2C)cc([C@H](C)n2ncc3ccccc3c2=O)n1. The number of rotatable bonds is 7. The average molecular weight is 430 g/mol. The minimum atomic E-state index is -0.333. The molecule has 0 fully saturated rings. The first-order chi connectivity index (χ1) is 15.4. The molecule has 1 atom stereocenters. The van der Waals surface area contributed by atoms with Crippen LogP contribution in [0.1, 0.15) is 35.6 Å². The van der Waals surface area contributed by atoms with Crippen LogP contribution in [0.15, 0.2) is 59.5 Å². The van der Waals surface area contributed by atoms with Gasteiger partial charge >= 0.3 is 0 Å². The maximum atomic E-state index is 12.9. The van der Waals surface area contributed by atoms with Gasteiger partial charge in [-0.3, -0.25) is 4.79 Å². The molecule has 0 spiro atoms. The van der Waals surface area contributed by atoms with Gasteiger partial charge in [0.2, 0.25) is 0 Å². The molecule has 7 nitrogen and oxygen atoms in total. The Morgan fingerprint density at radius 3 is 2.72 bits per heavy atom. The molecular weight excluding hydrogens is 402 g/mol. The molecule has 0 amide bonds. The number of nitrogens with zero attached hydrogens (tertiary/aromatic N) is 4. The molecule has 164 valence electrons. The third-order valence-corrected chi connectivity index (χ3v) is 5.59. The molecule has 0 unspecified atom stereocenters. The summed E-state index contributed by atoms with van der Waals surface area (Å²) in [6.07, 6.45) is 1.71. The fourth-order valence-corrected chi connectivity index (χ4v) is 3.62. The Balaban J connectivity index is 1.48. The van der Waals surface area contributed by atoms with Crippen LogP contribution >= 0.6 is 0 Å². The monoisotopic (exact) mass is 429 g/mol. The van der Waals surface area contributed by atoms with Crippen molar-refractivity contribution in [2.24, 2.45) is 0 Å². The molecular formula is C25H27N5O2. The number of hydrogen-bond donors (Lipinski definition) is 1. The second-order valence-corrected chi connectivity index (χ2v) is 7.86. The Hall–Kier alpha value is -3.74. The fraction of sp³-hybridized carbons (Fsp3) is 0.280. The van der Waals surface area contributed by atoms with Crippen LogP contribution in [-0.4, -0.2) is 32.9 Å². The number of hydrogen-bond acceptors (Lipinski definition) is 6. The third-order valence-electron chi connectivity index (χ3n) is 5.59. The number of fused-ring (bicyclic) bond motifs is 1. The lowest BCUT2D eigenvalue weighted by molar-refractivity contribution is 0.330. The van der Waals surface area contributed by atoms with Gasteiger partial charge in [0.15, 0.2) is 0 Å². The summed E-state index contributed by atoms with van der Waals surface area (Å²) in [7, 11) is 0. The van der Waals surface area contributed by atoms with E-state index in [1.54, 1.807) is 6.20 Å². The Morgan fingerprint density at radius 2 is 1.88 bits per heavy atom. The first kappa shape index (κ1) is 21.5. The van der Waals surface area contributed by atoms with E-state index in [1.807, 2.05) is 56.3 Å². The highest BCUT2D eigenvalue weighted by molar-refractivity contribution is 5.80. The van der Waals surface area contributed by atoms with E-state index < -0.39 is 0 Å². The molecule has 1 N–H and O–H groups in total. The largest absolute Gasteiger partial charge is 0.491 e. The summed E-state index contributed by atoms with van der Waals surface area (Å²) < 4.78 is 7.38. The predicted molar refractivity (Wildman–Crippen MR) is 126 cm³/mol. The number of aryl methyl sites for hydroxylation is 2. The van der Waals surface area contributed by atoms with E-state index in [0.717, 1.165) is 22.4 Å². The van der Waals surface area contributed by atoms with Gasteiger partial charge in [-0.2, -0.15) is 5.10 Å². The normalized spacial score (nSPS) is 12.0. The molecule has 4 aromatic rings. The van der Waals surface area contributed by atoms with Gasteiger partial charge in [0, 0.05) is 11.5 Å². The van der Waals surface area contributed by atoms with Crippen molar-refractivity contribution in [1.29, 1.82) is 0 Å². The summed E-state index contributed by atoms with van der Waals surface area (Å²) in [5, 5.41) is 9.13. The Labute approximate surface area is 187 Å². The molecule has 2 heterocycles. The van der Waals surface area contributed by atoms with Crippen molar-refractivity contribution in [3.8, 4) is 5.75 Å². The van der Waals surface area contributed by atoms with Crippen LogP contribution in [0.3, 0.4) is 0 Å². The Kier molecular flexibility index (Phi) is 6.16. The van der Waals surface area contributed by atoms with Gasteiger partial charge < -0.3 is 10.1 Å². The van der Waals surface area contributed by atoms with Crippen molar-refractivity contribution in [2.75, 3.05) is 18.5 Å². The average Bonchev–Trinajstić information content (AvgIpc) is 2.79. The van der Waals surface area contributed by atoms with Gasteiger partial charge in [0.1, 0.15) is 24.0 Å². The van der Waals surface area contributed by atoms with E-state index in [9.17, 15) is 4.79 Å². The molecule has 2 aromatic heterocycles. The van der Waals surface area contributed by atoms with Gasteiger partial charge in [-0.15, -0.1) is 0 Å². The smallest absolute Gasteiger partial charge is 0.275 e. The first-order valence-electron chi connectivity index (χ1n) is 10.7. The van der Waals surface area contributed by atoms with Gasteiger partial charge in [-0.25, -0.2) is 14.6 Å². The van der Waals surface area contributed by atoms with Crippen LogP contribution in [0.25, 0.3) is 10.8 Å². The van der Waals surface area contributed by atoms with Gasteiger partial charge in [-0.1, -0.05) is 30.3 Å². The van der Waals surface area contributed by atoms with Gasteiger partial charge in [0.05, 0.1) is 29.9 Å². The topological polar surface area (TPSA) is 81.9 Å². The minimum Gasteiger partial charge on any atom is -0.491 e. The maximum absolute atomic E-state index is 12.9. The van der Waals surface area contributed by atoms with Crippen molar-refractivity contribution in [2.45, 2.75) is 33.7 Å². The van der Waals surface area contributed by atoms with E-state index in [4.69, 9.17) is 4.74 Å². The van der Waals surface area contributed by atoms with E-state index in [-0.39, 0.29) is 11.6 Å². The third kappa shape index (κ3) is 4.46. The zero-order chi connectivity index (χ0) is 22.7. The summed E-state index contributed by atoms with van der Waals surface area (Å²) in [6.45, 7) is 8.98. The fourth-order valence-electron chi connectivity index (χ4n) is 3.62. The van der Waals surface area contributed by atoms with Crippen LogP contribution in [0.5, 0.6) is 5.75 Å².